The van der Waals surface area contributed by atoms with E-state index in [-0.39, 0.29) is 12.2 Å². The van der Waals surface area contributed by atoms with E-state index in [9.17, 15) is 23.3 Å². The summed E-state index contributed by atoms with van der Waals surface area (Å²) in [6, 6.07) is 16.5. The lowest BCUT2D eigenvalue weighted by atomic mass is 10.3. The van der Waals surface area contributed by atoms with Crippen LogP contribution in [0.3, 0.4) is 0 Å². The van der Waals surface area contributed by atoms with Gasteiger partial charge in [-0.05, 0) is 29.8 Å². The summed E-state index contributed by atoms with van der Waals surface area (Å²) in [5.41, 5.74) is 0.403. The molecule has 3 rings (SSSR count). The zero-order chi connectivity index (χ0) is 21.6. The Kier molecular flexibility index (Phi) is 6.38. The third kappa shape index (κ3) is 4.78. The lowest BCUT2D eigenvalue weighted by molar-refractivity contribution is -0.387. The number of aromatic nitrogens is 1. The predicted molar refractivity (Wildman–Crippen MR) is 110 cm³/mol. The van der Waals surface area contributed by atoms with Crippen LogP contribution < -0.4 is 9.62 Å². The van der Waals surface area contributed by atoms with Crippen LogP contribution in [0.5, 0.6) is 0 Å². The summed E-state index contributed by atoms with van der Waals surface area (Å²) in [6.45, 7) is -0.376. The predicted octanol–water partition coefficient (Wildman–Crippen LogP) is 2.50. The standard InChI is InChI=1S/C20H18N4O5S/c25-20(22-14-16-7-6-12-21-13-16)15-23(17-8-2-1-3-9-17)30(28,29)19-11-5-4-10-18(19)24(26)27/h1-13H,14-15H2,(H,22,25). The van der Waals surface area contributed by atoms with E-state index in [1.165, 1.54) is 24.3 Å². The molecule has 0 unspecified atom stereocenters. The number of nitrogens with zero attached hydrogens (tertiary/aromatic N) is 3. The molecule has 0 aliphatic rings. The molecule has 0 saturated heterocycles. The maximum atomic E-state index is 13.3. The van der Waals surface area contributed by atoms with E-state index in [0.29, 0.717) is 0 Å². The lowest BCUT2D eigenvalue weighted by Crippen LogP contribution is -2.40. The summed E-state index contributed by atoms with van der Waals surface area (Å²) in [5, 5.41) is 14.0. The van der Waals surface area contributed by atoms with Crippen LogP contribution in [-0.2, 0) is 21.4 Å². The molecule has 0 bridgehead atoms. The first-order valence-corrected chi connectivity index (χ1v) is 10.3. The van der Waals surface area contributed by atoms with E-state index in [1.807, 2.05) is 0 Å². The number of hydrogen-bond donors (Lipinski definition) is 1. The molecule has 10 heteroatoms. The number of anilines is 1. The Hall–Kier alpha value is -3.79. The van der Waals surface area contributed by atoms with Crippen molar-refractivity contribution < 1.29 is 18.1 Å². The number of carbonyl (C=O) groups excluding carboxylic acids is 1. The Morgan fingerprint density at radius 2 is 1.73 bits per heavy atom. The van der Waals surface area contributed by atoms with Gasteiger partial charge in [-0.25, -0.2) is 8.42 Å². The van der Waals surface area contributed by atoms with Crippen LogP contribution in [0.1, 0.15) is 5.56 Å². The molecule has 3 aromatic rings. The van der Waals surface area contributed by atoms with Gasteiger partial charge in [0.1, 0.15) is 6.54 Å². The highest BCUT2D eigenvalue weighted by Crippen LogP contribution is 2.29. The molecule has 0 atom stereocenters. The van der Waals surface area contributed by atoms with Crippen LogP contribution >= 0.6 is 0 Å². The molecule has 154 valence electrons. The number of benzene rings is 2. The molecule has 0 saturated carbocycles. The zero-order valence-electron chi connectivity index (χ0n) is 15.7. The number of para-hydroxylation sites is 2. The number of sulfonamides is 1. The van der Waals surface area contributed by atoms with Crippen molar-refractivity contribution in [2.75, 3.05) is 10.8 Å². The minimum atomic E-state index is -4.39. The summed E-state index contributed by atoms with van der Waals surface area (Å²) in [6.07, 6.45) is 3.18. The molecule has 0 spiro atoms. The summed E-state index contributed by atoms with van der Waals surface area (Å²) >= 11 is 0. The third-order valence-electron chi connectivity index (χ3n) is 4.17. The molecular formula is C20H18N4O5S. The number of nitro benzene ring substituents is 1. The summed E-state index contributed by atoms with van der Waals surface area (Å²) in [4.78, 5) is 26.6. The van der Waals surface area contributed by atoms with Crippen LogP contribution in [0.2, 0.25) is 0 Å². The third-order valence-corrected chi connectivity index (χ3v) is 6.00. The highest BCUT2D eigenvalue weighted by Gasteiger charge is 2.32. The Morgan fingerprint density at radius 3 is 2.40 bits per heavy atom. The van der Waals surface area contributed by atoms with Gasteiger partial charge in [0.2, 0.25) is 5.91 Å². The van der Waals surface area contributed by atoms with Crippen LogP contribution in [0, 0.1) is 10.1 Å². The van der Waals surface area contributed by atoms with Gasteiger partial charge in [0.25, 0.3) is 15.7 Å². The molecule has 1 aromatic heterocycles. The second kappa shape index (κ2) is 9.14. The smallest absolute Gasteiger partial charge is 0.289 e. The van der Waals surface area contributed by atoms with Crippen LogP contribution in [0.4, 0.5) is 11.4 Å². The van der Waals surface area contributed by atoms with Crippen molar-refractivity contribution >= 4 is 27.3 Å². The van der Waals surface area contributed by atoms with Crippen LogP contribution in [0.25, 0.3) is 0 Å². The van der Waals surface area contributed by atoms with Crippen molar-refractivity contribution in [2.45, 2.75) is 11.4 Å². The van der Waals surface area contributed by atoms with Gasteiger partial charge < -0.3 is 5.32 Å². The van der Waals surface area contributed by atoms with E-state index in [4.69, 9.17) is 0 Å². The number of amides is 1. The normalized spacial score (nSPS) is 10.9. The molecule has 9 nitrogen and oxygen atoms in total. The molecule has 1 N–H and O–H groups in total. The first-order chi connectivity index (χ1) is 14.4. The second-order valence-corrected chi connectivity index (χ2v) is 8.04. The number of nitro groups is 1. The van der Waals surface area contributed by atoms with E-state index >= 15 is 0 Å². The van der Waals surface area contributed by atoms with Gasteiger partial charge in [0.05, 0.1) is 10.6 Å². The first-order valence-electron chi connectivity index (χ1n) is 8.86. The maximum absolute atomic E-state index is 13.3. The number of nitrogens with one attached hydrogen (secondary N) is 1. The molecule has 0 aliphatic heterocycles. The average molecular weight is 426 g/mol. The van der Waals surface area contributed by atoms with Gasteiger partial charge >= 0.3 is 0 Å². The largest absolute Gasteiger partial charge is 0.350 e. The Labute approximate surface area is 173 Å². The number of hydrogen-bond acceptors (Lipinski definition) is 6. The fraction of sp³-hybridized carbons (Fsp3) is 0.100. The van der Waals surface area contributed by atoms with Crippen molar-refractivity contribution in [3.63, 3.8) is 0 Å². The Morgan fingerprint density at radius 1 is 1.03 bits per heavy atom. The monoisotopic (exact) mass is 426 g/mol. The van der Waals surface area contributed by atoms with Gasteiger partial charge in [-0.15, -0.1) is 0 Å². The van der Waals surface area contributed by atoms with E-state index in [1.54, 1.807) is 42.7 Å². The second-order valence-electron chi connectivity index (χ2n) is 6.21. The highest BCUT2D eigenvalue weighted by atomic mass is 32.2. The first kappa shape index (κ1) is 20.9. The fourth-order valence-corrected chi connectivity index (χ4v) is 4.33. The SMILES string of the molecule is O=C(CN(c1ccccc1)S(=O)(=O)c1ccccc1[N+](=O)[O-])NCc1cccnc1. The van der Waals surface area contributed by atoms with E-state index in [0.717, 1.165) is 22.0 Å². The minimum Gasteiger partial charge on any atom is -0.350 e. The van der Waals surface area contributed by atoms with Gasteiger partial charge in [-0.3, -0.25) is 24.2 Å². The molecule has 0 aliphatic carbocycles. The van der Waals surface area contributed by atoms with Gasteiger partial charge in [0.15, 0.2) is 4.90 Å². The quantitative estimate of drug-likeness (QED) is 0.436. The van der Waals surface area contributed by atoms with E-state index in [2.05, 4.69) is 10.3 Å². The molecule has 0 fully saturated rings. The van der Waals surface area contributed by atoms with Gasteiger partial charge in [-0.1, -0.05) is 36.4 Å². The lowest BCUT2D eigenvalue weighted by Gasteiger charge is -2.24. The fourth-order valence-electron chi connectivity index (χ4n) is 2.74. The molecule has 30 heavy (non-hydrogen) atoms. The molecule has 1 amide bonds. The van der Waals surface area contributed by atoms with E-state index < -0.39 is 38.0 Å². The molecule has 2 aromatic carbocycles. The van der Waals surface area contributed by atoms with Crippen molar-refractivity contribution in [3.05, 3.63) is 94.8 Å². The number of pyridine rings is 1. The van der Waals surface area contributed by atoms with Crippen molar-refractivity contribution in [2.24, 2.45) is 0 Å². The zero-order valence-corrected chi connectivity index (χ0v) is 16.5. The molecule has 0 radical (unpaired) electrons. The topological polar surface area (TPSA) is 123 Å². The summed E-state index contributed by atoms with van der Waals surface area (Å²) in [5.74, 6) is -0.565. The number of carbonyl (C=O) groups is 1. The molecule has 1 heterocycles. The van der Waals surface area contributed by atoms with Crippen LogP contribution in [0.15, 0.2) is 84.0 Å². The van der Waals surface area contributed by atoms with Gasteiger partial charge in [-0.2, -0.15) is 0 Å². The summed E-state index contributed by atoms with van der Waals surface area (Å²) in [7, 11) is -4.39. The van der Waals surface area contributed by atoms with Crippen molar-refractivity contribution in [3.8, 4) is 0 Å². The Bertz CT molecular complexity index is 1140. The Balaban J connectivity index is 1.92. The van der Waals surface area contributed by atoms with Crippen molar-refractivity contribution in [1.29, 1.82) is 0 Å². The highest BCUT2D eigenvalue weighted by molar-refractivity contribution is 7.93. The molecular weight excluding hydrogens is 408 g/mol. The van der Waals surface area contributed by atoms with Gasteiger partial charge in [0, 0.05) is 25.0 Å². The maximum Gasteiger partial charge on any atom is 0.289 e. The average Bonchev–Trinajstić information content (AvgIpc) is 2.77. The van der Waals surface area contributed by atoms with Crippen LogP contribution in [-0.4, -0.2) is 30.8 Å². The minimum absolute atomic E-state index is 0.167. The number of rotatable bonds is 8. The summed E-state index contributed by atoms with van der Waals surface area (Å²) < 4.78 is 27.5. The van der Waals surface area contributed by atoms with Crippen molar-refractivity contribution in [1.82, 2.24) is 10.3 Å².